The Morgan fingerprint density at radius 2 is 2.42 bits per heavy atom. The molecule has 0 amide bonds. The van der Waals surface area contributed by atoms with Gasteiger partial charge in [0.25, 0.3) is 0 Å². The van der Waals surface area contributed by atoms with E-state index in [1.807, 2.05) is 24.0 Å². The molecule has 19 heavy (non-hydrogen) atoms. The second-order valence-corrected chi connectivity index (χ2v) is 6.92. The van der Waals surface area contributed by atoms with E-state index in [-0.39, 0.29) is 5.54 Å². The van der Waals surface area contributed by atoms with Crippen molar-refractivity contribution in [2.45, 2.75) is 61.5 Å². The number of aryl methyl sites for hydroxylation is 1. The molecule has 0 aliphatic heterocycles. The van der Waals surface area contributed by atoms with Crippen LogP contribution in [0.25, 0.3) is 0 Å². The van der Waals surface area contributed by atoms with Crippen molar-refractivity contribution in [1.29, 1.82) is 5.26 Å². The fraction of sp³-hybridized carbons (Fsp3) is 0.714. The van der Waals surface area contributed by atoms with Crippen LogP contribution in [0.4, 0.5) is 0 Å². The fourth-order valence-electron chi connectivity index (χ4n) is 2.76. The molecular formula is C14H22N4S. The number of thioether (sulfide) groups is 1. The van der Waals surface area contributed by atoms with E-state index in [9.17, 15) is 5.26 Å². The zero-order valence-electron chi connectivity index (χ0n) is 11.9. The van der Waals surface area contributed by atoms with Crippen molar-refractivity contribution < 1.29 is 0 Å². The predicted molar refractivity (Wildman–Crippen MR) is 77.9 cm³/mol. The highest BCUT2D eigenvalue weighted by atomic mass is 32.2. The van der Waals surface area contributed by atoms with Crippen LogP contribution in [-0.4, -0.2) is 26.4 Å². The molecule has 0 radical (unpaired) electrons. The number of nitriles is 1. The summed E-state index contributed by atoms with van der Waals surface area (Å²) in [5.74, 6) is 0. The van der Waals surface area contributed by atoms with Crippen molar-refractivity contribution in [3.05, 3.63) is 12.4 Å². The molecule has 1 aromatic heterocycles. The zero-order chi connectivity index (χ0) is 13.9. The number of imidazole rings is 1. The summed E-state index contributed by atoms with van der Waals surface area (Å²) in [6.07, 6.45) is 7.93. The first-order chi connectivity index (χ1) is 9.04. The van der Waals surface area contributed by atoms with Crippen molar-refractivity contribution in [2.24, 2.45) is 7.05 Å². The van der Waals surface area contributed by atoms with Gasteiger partial charge >= 0.3 is 0 Å². The molecule has 1 N–H and O–H groups in total. The average Bonchev–Trinajstić information content (AvgIpc) is 2.75. The quantitative estimate of drug-likeness (QED) is 0.920. The van der Waals surface area contributed by atoms with Crippen molar-refractivity contribution in [3.63, 3.8) is 0 Å². The maximum atomic E-state index is 9.55. The standard InChI is InChI=1S/C14H22N4S/c1-11(2)17-14(10-15)6-4-5-12(9-14)19-13-16-7-8-18(13)3/h7-8,11-12,17H,4-6,9H2,1-3H3. The maximum absolute atomic E-state index is 9.55. The van der Waals surface area contributed by atoms with Gasteiger partial charge in [-0.2, -0.15) is 5.26 Å². The molecule has 1 aromatic rings. The van der Waals surface area contributed by atoms with Gasteiger partial charge in [-0.05, 0) is 39.5 Å². The Bertz CT molecular complexity index is 462. The highest BCUT2D eigenvalue weighted by Crippen LogP contribution is 2.37. The van der Waals surface area contributed by atoms with Crippen molar-refractivity contribution in [3.8, 4) is 6.07 Å². The number of hydrogen-bond acceptors (Lipinski definition) is 4. The average molecular weight is 278 g/mol. The topological polar surface area (TPSA) is 53.6 Å². The molecule has 4 nitrogen and oxygen atoms in total. The Hall–Kier alpha value is -0.990. The molecule has 0 aromatic carbocycles. The van der Waals surface area contributed by atoms with Crippen LogP contribution < -0.4 is 5.32 Å². The molecule has 1 fully saturated rings. The summed E-state index contributed by atoms with van der Waals surface area (Å²) >= 11 is 1.80. The van der Waals surface area contributed by atoms with E-state index in [2.05, 4.69) is 30.2 Å². The SMILES string of the molecule is CC(C)NC1(C#N)CCCC(Sc2nccn2C)C1. The van der Waals surface area contributed by atoms with E-state index in [0.29, 0.717) is 11.3 Å². The van der Waals surface area contributed by atoms with Crippen LogP contribution in [0, 0.1) is 11.3 Å². The van der Waals surface area contributed by atoms with Crippen LogP contribution in [0.5, 0.6) is 0 Å². The number of rotatable bonds is 4. The normalized spacial score (nSPS) is 27.4. The fourth-order valence-corrected chi connectivity index (χ4v) is 4.06. The molecule has 2 unspecified atom stereocenters. The summed E-state index contributed by atoms with van der Waals surface area (Å²) in [5.41, 5.74) is -0.352. The van der Waals surface area contributed by atoms with Gasteiger partial charge in [0.1, 0.15) is 5.54 Å². The first-order valence-electron chi connectivity index (χ1n) is 6.87. The Morgan fingerprint density at radius 1 is 1.63 bits per heavy atom. The van der Waals surface area contributed by atoms with E-state index in [4.69, 9.17) is 0 Å². The van der Waals surface area contributed by atoms with Crippen LogP contribution >= 0.6 is 11.8 Å². The summed E-state index contributed by atoms with van der Waals surface area (Å²) in [6.45, 7) is 4.21. The molecule has 0 spiro atoms. The highest BCUT2D eigenvalue weighted by Gasteiger charge is 2.37. The Morgan fingerprint density at radius 3 is 3.00 bits per heavy atom. The molecule has 1 saturated carbocycles. The van der Waals surface area contributed by atoms with Crippen LogP contribution in [0.3, 0.4) is 0 Å². The van der Waals surface area contributed by atoms with Crippen molar-refractivity contribution in [2.75, 3.05) is 0 Å². The van der Waals surface area contributed by atoms with Gasteiger partial charge in [0.15, 0.2) is 5.16 Å². The van der Waals surface area contributed by atoms with E-state index < -0.39 is 0 Å². The first kappa shape index (κ1) is 14.4. The predicted octanol–water partition coefficient (Wildman–Crippen LogP) is 2.72. The third kappa shape index (κ3) is 3.52. The Labute approximate surface area is 119 Å². The minimum absolute atomic E-state index is 0.344. The van der Waals surface area contributed by atoms with Crippen LogP contribution in [0.2, 0.25) is 0 Å². The Balaban J connectivity index is 2.04. The lowest BCUT2D eigenvalue weighted by atomic mass is 9.82. The summed E-state index contributed by atoms with van der Waals surface area (Å²) in [6, 6.07) is 2.87. The molecule has 2 atom stereocenters. The van der Waals surface area contributed by atoms with Gasteiger partial charge in [0.2, 0.25) is 0 Å². The first-order valence-corrected chi connectivity index (χ1v) is 7.75. The van der Waals surface area contributed by atoms with Gasteiger partial charge in [-0.1, -0.05) is 11.8 Å². The van der Waals surface area contributed by atoms with Gasteiger partial charge in [-0.15, -0.1) is 0 Å². The molecule has 104 valence electrons. The van der Waals surface area contributed by atoms with Crippen molar-refractivity contribution in [1.82, 2.24) is 14.9 Å². The zero-order valence-corrected chi connectivity index (χ0v) is 12.7. The lowest BCUT2D eigenvalue weighted by molar-refractivity contribution is 0.284. The minimum Gasteiger partial charge on any atom is -0.329 e. The minimum atomic E-state index is -0.352. The van der Waals surface area contributed by atoms with Crippen LogP contribution in [0.15, 0.2) is 17.6 Å². The van der Waals surface area contributed by atoms with Gasteiger partial charge < -0.3 is 4.57 Å². The summed E-state index contributed by atoms with van der Waals surface area (Å²) in [7, 11) is 2.02. The Kier molecular flexibility index (Phi) is 4.54. The molecule has 0 saturated heterocycles. The van der Waals surface area contributed by atoms with Gasteiger partial charge in [0.05, 0.1) is 6.07 Å². The van der Waals surface area contributed by atoms with E-state index >= 15 is 0 Å². The lowest BCUT2D eigenvalue weighted by Gasteiger charge is -2.37. The van der Waals surface area contributed by atoms with E-state index in [1.165, 1.54) is 6.42 Å². The van der Waals surface area contributed by atoms with Gasteiger partial charge in [-0.25, -0.2) is 4.98 Å². The van der Waals surface area contributed by atoms with Crippen molar-refractivity contribution >= 4 is 11.8 Å². The van der Waals surface area contributed by atoms with E-state index in [1.54, 1.807) is 11.8 Å². The van der Waals surface area contributed by atoms with Crippen LogP contribution in [0.1, 0.15) is 39.5 Å². The molecule has 2 rings (SSSR count). The molecular weight excluding hydrogens is 256 g/mol. The third-order valence-electron chi connectivity index (χ3n) is 3.53. The number of hydrogen-bond donors (Lipinski definition) is 1. The smallest absolute Gasteiger partial charge is 0.167 e. The molecule has 1 heterocycles. The molecule has 1 aliphatic carbocycles. The molecule has 5 heteroatoms. The van der Waals surface area contributed by atoms with Crippen LogP contribution in [-0.2, 0) is 7.05 Å². The molecule has 0 bridgehead atoms. The summed E-state index contributed by atoms with van der Waals surface area (Å²) < 4.78 is 2.04. The lowest BCUT2D eigenvalue weighted by Crippen LogP contribution is -2.51. The van der Waals surface area contributed by atoms with Gasteiger partial charge in [0, 0.05) is 30.7 Å². The monoisotopic (exact) mass is 278 g/mol. The second kappa shape index (κ2) is 5.98. The number of nitrogens with one attached hydrogen (secondary N) is 1. The third-order valence-corrected chi connectivity index (χ3v) is 4.87. The van der Waals surface area contributed by atoms with E-state index in [0.717, 1.165) is 24.4 Å². The largest absolute Gasteiger partial charge is 0.329 e. The summed E-state index contributed by atoms with van der Waals surface area (Å²) in [4.78, 5) is 4.37. The molecule has 1 aliphatic rings. The summed E-state index contributed by atoms with van der Waals surface area (Å²) in [5, 5.41) is 14.5. The maximum Gasteiger partial charge on any atom is 0.167 e. The number of nitrogens with zero attached hydrogens (tertiary/aromatic N) is 3. The number of aromatic nitrogens is 2. The highest BCUT2D eigenvalue weighted by molar-refractivity contribution is 7.99. The van der Waals surface area contributed by atoms with Gasteiger partial charge in [-0.3, -0.25) is 5.32 Å². The second-order valence-electron chi connectivity index (χ2n) is 5.65.